The number of benzene rings is 2. The van der Waals surface area contributed by atoms with Gasteiger partial charge in [0.2, 0.25) is 0 Å². The quantitative estimate of drug-likeness (QED) is 0.680. The van der Waals surface area contributed by atoms with Crippen molar-refractivity contribution in [1.82, 2.24) is 4.98 Å². The number of hydrogen-bond donors (Lipinski definition) is 0. The molecule has 2 aromatic carbocycles. The maximum atomic E-state index is 14.2. The summed E-state index contributed by atoms with van der Waals surface area (Å²) in [6.07, 6.45) is 1.65. The fourth-order valence-corrected chi connectivity index (χ4v) is 4.00. The zero-order chi connectivity index (χ0) is 18.1. The van der Waals surface area contributed by atoms with Crippen molar-refractivity contribution in [1.29, 1.82) is 0 Å². The molecular weight excluding hydrogens is 358 g/mol. The Labute approximate surface area is 153 Å². The lowest BCUT2D eigenvalue weighted by atomic mass is 10.1. The maximum absolute atomic E-state index is 14.2. The van der Waals surface area contributed by atoms with Gasteiger partial charge in [-0.25, -0.2) is 13.8 Å². The van der Waals surface area contributed by atoms with Gasteiger partial charge in [0.25, 0.3) is 5.91 Å². The van der Waals surface area contributed by atoms with Crippen molar-refractivity contribution in [3.8, 4) is 0 Å². The standard InChI is InChI=1S/C19H16F2N2O2S/c20-12-7-8-14(15(21)10-12)18(24)23(11-13-4-3-9-25-13)19-22-16-5-1-2-6-17(16)26-19/h1-2,5-8,10,13H,3-4,9,11H2/t13-/m1/s1. The minimum absolute atomic E-state index is 0.116. The molecule has 3 aromatic rings. The molecule has 1 saturated heterocycles. The van der Waals surface area contributed by atoms with Crippen molar-refractivity contribution >= 4 is 32.6 Å². The SMILES string of the molecule is O=C(c1ccc(F)cc1F)N(C[C@H]1CCCO1)c1nc2ccccc2s1. The molecule has 1 aromatic heterocycles. The van der Waals surface area contributed by atoms with E-state index in [-0.39, 0.29) is 18.2 Å². The summed E-state index contributed by atoms with van der Waals surface area (Å²) >= 11 is 1.36. The maximum Gasteiger partial charge on any atom is 0.263 e. The highest BCUT2D eigenvalue weighted by Gasteiger charge is 2.28. The van der Waals surface area contributed by atoms with E-state index in [4.69, 9.17) is 4.74 Å². The van der Waals surface area contributed by atoms with Gasteiger partial charge < -0.3 is 4.74 Å². The lowest BCUT2D eigenvalue weighted by Gasteiger charge is -2.23. The van der Waals surface area contributed by atoms with Gasteiger partial charge in [-0.15, -0.1) is 0 Å². The van der Waals surface area contributed by atoms with Gasteiger partial charge in [-0.2, -0.15) is 0 Å². The zero-order valence-corrected chi connectivity index (χ0v) is 14.6. The Balaban J connectivity index is 1.72. The Morgan fingerprint density at radius 3 is 2.85 bits per heavy atom. The van der Waals surface area contributed by atoms with Crippen LogP contribution in [-0.4, -0.2) is 30.1 Å². The molecule has 1 aliphatic heterocycles. The van der Waals surface area contributed by atoms with Crippen LogP contribution in [0.1, 0.15) is 23.2 Å². The van der Waals surface area contributed by atoms with Gasteiger partial charge in [-0.3, -0.25) is 9.69 Å². The smallest absolute Gasteiger partial charge is 0.263 e. The van der Waals surface area contributed by atoms with Gasteiger partial charge in [0.15, 0.2) is 5.13 Å². The summed E-state index contributed by atoms with van der Waals surface area (Å²) in [4.78, 5) is 19.0. The average Bonchev–Trinajstić information content (AvgIpc) is 3.28. The summed E-state index contributed by atoms with van der Waals surface area (Å²) in [5, 5.41) is 0.482. The van der Waals surface area contributed by atoms with E-state index in [1.54, 1.807) is 0 Å². The van der Waals surface area contributed by atoms with Crippen molar-refractivity contribution < 1.29 is 18.3 Å². The second-order valence-electron chi connectivity index (χ2n) is 6.14. The third-order valence-electron chi connectivity index (χ3n) is 4.33. The second-order valence-corrected chi connectivity index (χ2v) is 7.15. The Morgan fingerprint density at radius 1 is 1.27 bits per heavy atom. The molecule has 1 atom stereocenters. The van der Waals surface area contributed by atoms with Crippen LogP contribution in [0.3, 0.4) is 0 Å². The monoisotopic (exact) mass is 374 g/mol. The number of aromatic nitrogens is 1. The molecule has 26 heavy (non-hydrogen) atoms. The number of fused-ring (bicyclic) bond motifs is 1. The first-order valence-electron chi connectivity index (χ1n) is 8.36. The topological polar surface area (TPSA) is 42.4 Å². The van der Waals surface area contributed by atoms with Crippen molar-refractivity contribution in [2.24, 2.45) is 0 Å². The third-order valence-corrected chi connectivity index (χ3v) is 5.39. The second kappa shape index (κ2) is 7.09. The van der Waals surface area contributed by atoms with E-state index in [0.717, 1.165) is 35.2 Å². The van der Waals surface area contributed by atoms with E-state index in [9.17, 15) is 13.6 Å². The molecule has 0 bridgehead atoms. The van der Waals surface area contributed by atoms with Crippen LogP contribution in [0.4, 0.5) is 13.9 Å². The van der Waals surface area contributed by atoms with E-state index in [2.05, 4.69) is 4.98 Å². The van der Waals surface area contributed by atoms with Gasteiger partial charge >= 0.3 is 0 Å². The number of carbonyl (C=O) groups excluding carboxylic acids is 1. The highest BCUT2D eigenvalue weighted by atomic mass is 32.1. The highest BCUT2D eigenvalue weighted by Crippen LogP contribution is 2.31. The number of hydrogen-bond acceptors (Lipinski definition) is 4. The van der Waals surface area contributed by atoms with E-state index < -0.39 is 17.5 Å². The molecule has 0 N–H and O–H groups in total. The number of rotatable bonds is 4. The van der Waals surface area contributed by atoms with E-state index in [0.29, 0.717) is 11.7 Å². The first kappa shape index (κ1) is 17.1. The predicted octanol–water partition coefficient (Wildman–Crippen LogP) is 4.40. The number of nitrogens with zero attached hydrogens (tertiary/aromatic N) is 2. The molecule has 0 aliphatic carbocycles. The van der Waals surface area contributed by atoms with E-state index in [1.165, 1.54) is 22.3 Å². The van der Waals surface area contributed by atoms with Gasteiger partial charge in [-0.05, 0) is 37.1 Å². The minimum atomic E-state index is -0.881. The molecule has 0 saturated carbocycles. The first-order valence-corrected chi connectivity index (χ1v) is 9.17. The van der Waals surface area contributed by atoms with E-state index >= 15 is 0 Å². The molecule has 0 unspecified atom stereocenters. The van der Waals surface area contributed by atoms with Crippen molar-refractivity contribution in [3.63, 3.8) is 0 Å². The summed E-state index contributed by atoms with van der Waals surface area (Å²) < 4.78 is 33.9. The molecule has 1 fully saturated rings. The summed E-state index contributed by atoms with van der Waals surface area (Å²) in [6.45, 7) is 0.937. The molecular formula is C19H16F2N2O2S. The summed E-state index contributed by atoms with van der Waals surface area (Å²) in [5.41, 5.74) is 0.598. The Morgan fingerprint density at radius 2 is 2.12 bits per heavy atom. The van der Waals surface area contributed by atoms with Crippen LogP contribution in [0, 0.1) is 11.6 Å². The number of anilines is 1. The van der Waals surface area contributed by atoms with Crippen LogP contribution in [0.15, 0.2) is 42.5 Å². The lowest BCUT2D eigenvalue weighted by molar-refractivity contribution is 0.0914. The van der Waals surface area contributed by atoms with Crippen molar-refractivity contribution in [3.05, 3.63) is 59.7 Å². The predicted molar refractivity (Wildman–Crippen MR) is 96.6 cm³/mol. The Bertz CT molecular complexity index is 921. The lowest BCUT2D eigenvalue weighted by Crippen LogP contribution is -2.38. The third kappa shape index (κ3) is 3.32. The molecule has 2 heterocycles. The largest absolute Gasteiger partial charge is 0.376 e. The average molecular weight is 374 g/mol. The van der Waals surface area contributed by atoms with Crippen LogP contribution in [0.25, 0.3) is 10.2 Å². The molecule has 0 spiro atoms. The minimum Gasteiger partial charge on any atom is -0.376 e. The molecule has 1 amide bonds. The zero-order valence-electron chi connectivity index (χ0n) is 13.8. The summed E-state index contributed by atoms with van der Waals surface area (Å²) in [7, 11) is 0. The Kier molecular flexibility index (Phi) is 4.65. The number of amides is 1. The molecule has 0 radical (unpaired) electrons. The van der Waals surface area contributed by atoms with E-state index in [1.807, 2.05) is 24.3 Å². The van der Waals surface area contributed by atoms with Crippen LogP contribution in [0.2, 0.25) is 0 Å². The van der Waals surface area contributed by atoms with Crippen LogP contribution < -0.4 is 4.90 Å². The highest BCUT2D eigenvalue weighted by molar-refractivity contribution is 7.22. The molecule has 1 aliphatic rings. The number of ether oxygens (including phenoxy) is 1. The molecule has 4 rings (SSSR count). The van der Waals surface area contributed by atoms with Gasteiger partial charge in [0.1, 0.15) is 11.6 Å². The fraction of sp³-hybridized carbons (Fsp3) is 0.263. The number of thiazole rings is 1. The van der Waals surface area contributed by atoms with Crippen LogP contribution >= 0.6 is 11.3 Å². The molecule has 134 valence electrons. The normalized spacial score (nSPS) is 16.9. The van der Waals surface area contributed by atoms with Crippen LogP contribution in [0.5, 0.6) is 0 Å². The van der Waals surface area contributed by atoms with Gasteiger partial charge in [0.05, 0.1) is 28.4 Å². The number of para-hydroxylation sites is 1. The fourth-order valence-electron chi connectivity index (χ4n) is 3.02. The van der Waals surface area contributed by atoms with Gasteiger partial charge in [-0.1, -0.05) is 23.5 Å². The number of carbonyl (C=O) groups is 1. The van der Waals surface area contributed by atoms with Crippen LogP contribution in [-0.2, 0) is 4.74 Å². The Hall–Kier alpha value is -2.38. The van der Waals surface area contributed by atoms with Crippen molar-refractivity contribution in [2.75, 3.05) is 18.1 Å². The number of halogens is 2. The molecule has 4 nitrogen and oxygen atoms in total. The summed E-state index contributed by atoms with van der Waals surface area (Å²) in [6, 6.07) is 10.5. The first-order chi connectivity index (χ1) is 12.6. The summed E-state index contributed by atoms with van der Waals surface area (Å²) in [5.74, 6) is -2.14. The molecule has 7 heteroatoms. The van der Waals surface area contributed by atoms with Crippen molar-refractivity contribution in [2.45, 2.75) is 18.9 Å². The van der Waals surface area contributed by atoms with Gasteiger partial charge in [0, 0.05) is 12.7 Å².